The molecule has 0 aliphatic heterocycles. The number of imidazole rings is 1. The first-order chi connectivity index (χ1) is 16.0. The summed E-state index contributed by atoms with van der Waals surface area (Å²) in [5, 5.41) is 12.3. The number of nitrogens with one attached hydrogen (secondary N) is 2. The zero-order valence-electron chi connectivity index (χ0n) is 18.5. The molecule has 172 valence electrons. The standard InChI is InChI=1S/C26H30N4O3/c27-15-18-6-8-20(9-7-18)25(31)30-22(14-17-4-2-1-3-5-17)24-28-16-23(29-24)19-10-12-21(13-11-19)26(32)33/h1-5,10-13,16,18,20,22H,6-9,14-15,27H2,(H,28,29)(H,30,31)(H,32,33)/t18?,20?,22-/m0/s1. The fourth-order valence-corrected chi connectivity index (χ4v) is 4.47. The number of carboxylic acids is 1. The summed E-state index contributed by atoms with van der Waals surface area (Å²) in [4.78, 5) is 32.1. The minimum Gasteiger partial charge on any atom is -0.478 e. The van der Waals surface area contributed by atoms with Crippen LogP contribution in [-0.2, 0) is 11.2 Å². The van der Waals surface area contributed by atoms with Crippen LogP contribution in [0, 0.1) is 11.8 Å². The predicted octanol–water partition coefficient (Wildman–Crippen LogP) is 3.94. The first-order valence-corrected chi connectivity index (χ1v) is 11.5. The Hall–Kier alpha value is -3.45. The van der Waals surface area contributed by atoms with Crippen LogP contribution in [0.3, 0.4) is 0 Å². The SMILES string of the molecule is NCC1CCC(C(=O)N[C@@H](Cc2ccccc2)c2ncc(-c3ccc(C(=O)O)cc3)[nH]2)CC1. The molecule has 1 aliphatic carbocycles. The van der Waals surface area contributed by atoms with Crippen LogP contribution in [0.4, 0.5) is 0 Å². The molecule has 0 unspecified atom stereocenters. The number of carboxylic acid groups (broad SMARTS) is 1. The molecule has 1 heterocycles. The van der Waals surface area contributed by atoms with Crippen molar-refractivity contribution < 1.29 is 14.7 Å². The smallest absolute Gasteiger partial charge is 0.335 e. The van der Waals surface area contributed by atoms with Gasteiger partial charge in [0.2, 0.25) is 5.91 Å². The number of aromatic nitrogens is 2. The number of benzene rings is 2. The Labute approximate surface area is 193 Å². The maximum Gasteiger partial charge on any atom is 0.335 e. The van der Waals surface area contributed by atoms with Crippen LogP contribution >= 0.6 is 0 Å². The highest BCUT2D eigenvalue weighted by atomic mass is 16.4. The number of nitrogens with zero attached hydrogens (tertiary/aromatic N) is 1. The molecule has 0 spiro atoms. The molecule has 1 aliphatic rings. The Balaban J connectivity index is 1.52. The third kappa shape index (κ3) is 5.68. The van der Waals surface area contributed by atoms with E-state index < -0.39 is 5.97 Å². The van der Waals surface area contributed by atoms with Crippen molar-refractivity contribution in [2.75, 3.05) is 6.54 Å². The molecule has 4 rings (SSSR count). The van der Waals surface area contributed by atoms with E-state index in [1.165, 1.54) is 0 Å². The Morgan fingerprint density at radius 2 is 1.76 bits per heavy atom. The maximum absolute atomic E-state index is 13.1. The molecular formula is C26H30N4O3. The first kappa shape index (κ1) is 22.7. The highest BCUT2D eigenvalue weighted by molar-refractivity contribution is 5.88. The molecule has 7 nitrogen and oxygen atoms in total. The molecule has 0 saturated heterocycles. The summed E-state index contributed by atoms with van der Waals surface area (Å²) in [5.74, 6) is 0.312. The quantitative estimate of drug-likeness (QED) is 0.418. The molecule has 2 aromatic carbocycles. The fraction of sp³-hybridized carbons (Fsp3) is 0.346. The third-order valence-electron chi connectivity index (χ3n) is 6.52. The van der Waals surface area contributed by atoms with Crippen LogP contribution in [0.1, 0.15) is 53.5 Å². The van der Waals surface area contributed by atoms with Crippen molar-refractivity contribution in [2.24, 2.45) is 17.6 Å². The molecule has 1 atom stereocenters. The van der Waals surface area contributed by atoms with Gasteiger partial charge in [-0.3, -0.25) is 4.79 Å². The van der Waals surface area contributed by atoms with E-state index in [0.717, 1.165) is 42.5 Å². The summed E-state index contributed by atoms with van der Waals surface area (Å²) in [5.41, 5.74) is 8.75. The summed E-state index contributed by atoms with van der Waals surface area (Å²) >= 11 is 0. The van der Waals surface area contributed by atoms with Gasteiger partial charge in [0.25, 0.3) is 0 Å². The van der Waals surface area contributed by atoms with Gasteiger partial charge in [0.15, 0.2) is 0 Å². The Bertz CT molecular complexity index is 1070. The molecule has 1 fully saturated rings. The third-order valence-corrected chi connectivity index (χ3v) is 6.52. The van der Waals surface area contributed by atoms with Gasteiger partial charge < -0.3 is 21.1 Å². The van der Waals surface area contributed by atoms with E-state index in [9.17, 15) is 9.59 Å². The molecule has 0 radical (unpaired) electrons. The van der Waals surface area contributed by atoms with Gasteiger partial charge in [0.1, 0.15) is 5.82 Å². The molecule has 3 aromatic rings. The lowest BCUT2D eigenvalue weighted by molar-refractivity contribution is -0.127. The van der Waals surface area contributed by atoms with Crippen molar-refractivity contribution in [3.8, 4) is 11.3 Å². The Kier molecular flexibility index (Phi) is 7.19. The van der Waals surface area contributed by atoms with Gasteiger partial charge in [-0.05, 0) is 67.8 Å². The number of nitrogens with two attached hydrogens (primary N) is 1. The minimum atomic E-state index is -0.960. The lowest BCUT2D eigenvalue weighted by Crippen LogP contribution is -2.37. The number of carbonyl (C=O) groups is 2. The van der Waals surface area contributed by atoms with Crippen LogP contribution in [0.5, 0.6) is 0 Å². The lowest BCUT2D eigenvalue weighted by Gasteiger charge is -2.28. The van der Waals surface area contributed by atoms with Gasteiger partial charge in [-0.2, -0.15) is 0 Å². The normalized spacial score (nSPS) is 19.1. The number of hydrogen-bond donors (Lipinski definition) is 4. The van der Waals surface area contributed by atoms with Crippen LogP contribution in [0.2, 0.25) is 0 Å². The largest absolute Gasteiger partial charge is 0.478 e. The van der Waals surface area contributed by atoms with Crippen molar-refractivity contribution in [1.82, 2.24) is 15.3 Å². The summed E-state index contributed by atoms with van der Waals surface area (Å²) in [7, 11) is 0. The van der Waals surface area contributed by atoms with E-state index in [-0.39, 0.29) is 23.4 Å². The molecule has 7 heteroatoms. The number of aromatic amines is 1. The van der Waals surface area contributed by atoms with Crippen molar-refractivity contribution in [1.29, 1.82) is 0 Å². The van der Waals surface area contributed by atoms with Gasteiger partial charge >= 0.3 is 5.97 Å². The number of H-pyrrole nitrogens is 1. The van der Waals surface area contributed by atoms with E-state index in [1.807, 2.05) is 30.3 Å². The molecular weight excluding hydrogens is 416 g/mol. The van der Waals surface area contributed by atoms with E-state index in [4.69, 9.17) is 10.8 Å². The second-order valence-corrected chi connectivity index (χ2v) is 8.77. The van der Waals surface area contributed by atoms with Gasteiger partial charge in [-0.1, -0.05) is 42.5 Å². The van der Waals surface area contributed by atoms with Crippen LogP contribution < -0.4 is 11.1 Å². The van der Waals surface area contributed by atoms with Crippen molar-refractivity contribution in [2.45, 2.75) is 38.1 Å². The predicted molar refractivity (Wildman–Crippen MR) is 127 cm³/mol. The van der Waals surface area contributed by atoms with Crippen LogP contribution in [0.15, 0.2) is 60.8 Å². The van der Waals surface area contributed by atoms with E-state index in [1.54, 1.807) is 30.5 Å². The average molecular weight is 447 g/mol. The number of rotatable bonds is 8. The molecule has 1 aromatic heterocycles. The second-order valence-electron chi connectivity index (χ2n) is 8.77. The van der Waals surface area contributed by atoms with Crippen LogP contribution in [-0.4, -0.2) is 33.5 Å². The summed E-state index contributed by atoms with van der Waals surface area (Å²) < 4.78 is 0. The monoisotopic (exact) mass is 446 g/mol. The highest BCUT2D eigenvalue weighted by Gasteiger charge is 2.28. The molecule has 33 heavy (non-hydrogen) atoms. The van der Waals surface area contributed by atoms with Crippen molar-refractivity contribution >= 4 is 11.9 Å². The van der Waals surface area contributed by atoms with Gasteiger partial charge in [-0.25, -0.2) is 9.78 Å². The van der Waals surface area contributed by atoms with Gasteiger partial charge in [0, 0.05) is 5.92 Å². The zero-order chi connectivity index (χ0) is 23.2. The Morgan fingerprint density at radius 1 is 1.06 bits per heavy atom. The lowest BCUT2D eigenvalue weighted by atomic mass is 9.81. The Morgan fingerprint density at radius 3 is 2.39 bits per heavy atom. The zero-order valence-corrected chi connectivity index (χ0v) is 18.5. The maximum atomic E-state index is 13.1. The first-order valence-electron chi connectivity index (χ1n) is 11.5. The van der Waals surface area contributed by atoms with E-state index in [0.29, 0.717) is 24.7 Å². The summed E-state index contributed by atoms with van der Waals surface area (Å²) in [6.45, 7) is 0.688. The van der Waals surface area contributed by atoms with Crippen LogP contribution in [0.25, 0.3) is 11.3 Å². The van der Waals surface area contributed by atoms with Crippen molar-refractivity contribution in [3.05, 3.63) is 77.7 Å². The number of hydrogen-bond acceptors (Lipinski definition) is 4. The van der Waals surface area contributed by atoms with Gasteiger partial charge in [0.05, 0.1) is 23.5 Å². The summed E-state index contributed by atoms with van der Waals surface area (Å²) in [6.07, 6.45) is 6.07. The fourth-order valence-electron chi connectivity index (χ4n) is 4.47. The molecule has 1 amide bonds. The topological polar surface area (TPSA) is 121 Å². The van der Waals surface area contributed by atoms with Gasteiger partial charge in [-0.15, -0.1) is 0 Å². The average Bonchev–Trinajstić information content (AvgIpc) is 3.35. The van der Waals surface area contributed by atoms with E-state index >= 15 is 0 Å². The van der Waals surface area contributed by atoms with E-state index in [2.05, 4.69) is 15.3 Å². The highest BCUT2D eigenvalue weighted by Crippen LogP contribution is 2.29. The minimum absolute atomic E-state index is 0.00377. The number of amides is 1. The molecule has 0 bridgehead atoms. The molecule has 1 saturated carbocycles. The molecule has 5 N–H and O–H groups in total. The number of carbonyl (C=O) groups excluding carboxylic acids is 1. The second kappa shape index (κ2) is 10.4. The van der Waals surface area contributed by atoms with Crippen molar-refractivity contribution in [3.63, 3.8) is 0 Å². The summed E-state index contributed by atoms with van der Waals surface area (Å²) in [6, 6.07) is 16.4. The number of aromatic carboxylic acids is 1.